The predicted molar refractivity (Wildman–Crippen MR) is 79.0 cm³/mol. The van der Waals surface area contributed by atoms with Gasteiger partial charge in [-0.1, -0.05) is 6.07 Å². The summed E-state index contributed by atoms with van der Waals surface area (Å²) in [5.74, 6) is -0.758. The summed E-state index contributed by atoms with van der Waals surface area (Å²) in [7, 11) is 0. The number of nitrogens with zero attached hydrogens (tertiary/aromatic N) is 1. The van der Waals surface area contributed by atoms with Gasteiger partial charge in [0.2, 0.25) is 0 Å². The molecule has 2 N–H and O–H groups in total. The molecule has 0 saturated carbocycles. The Labute approximate surface area is 129 Å². The Kier molecular flexibility index (Phi) is 6.30. The summed E-state index contributed by atoms with van der Waals surface area (Å²) in [5.41, 5.74) is -0.476. The number of ether oxygens (including phenoxy) is 2. The van der Waals surface area contributed by atoms with Crippen LogP contribution in [0.1, 0.15) is 39.5 Å². The molecule has 0 fully saturated rings. The van der Waals surface area contributed by atoms with Gasteiger partial charge in [0.1, 0.15) is 11.7 Å². The van der Waals surface area contributed by atoms with Crippen molar-refractivity contribution in [2.24, 2.45) is 0 Å². The maximum atomic E-state index is 12.0. The van der Waals surface area contributed by atoms with Crippen molar-refractivity contribution in [3.63, 3.8) is 0 Å². The Morgan fingerprint density at radius 2 is 2.05 bits per heavy atom. The third-order valence-corrected chi connectivity index (χ3v) is 2.52. The number of aliphatic hydroxyl groups excluding tert-OH is 1. The van der Waals surface area contributed by atoms with Crippen LogP contribution in [0.5, 0.6) is 0 Å². The summed E-state index contributed by atoms with van der Waals surface area (Å²) in [4.78, 5) is 27.8. The van der Waals surface area contributed by atoms with E-state index in [1.807, 2.05) is 0 Å². The second-order valence-electron chi connectivity index (χ2n) is 5.58. The predicted octanol–water partition coefficient (Wildman–Crippen LogP) is 1.57. The van der Waals surface area contributed by atoms with Gasteiger partial charge in [0.05, 0.1) is 12.3 Å². The Balaban J connectivity index is 2.89. The van der Waals surface area contributed by atoms with Gasteiger partial charge in [0.15, 0.2) is 6.04 Å². The summed E-state index contributed by atoms with van der Waals surface area (Å²) in [5, 5.41) is 12.6. The van der Waals surface area contributed by atoms with E-state index in [0.717, 1.165) is 0 Å². The van der Waals surface area contributed by atoms with E-state index in [0.29, 0.717) is 0 Å². The lowest BCUT2D eigenvalue weighted by Crippen LogP contribution is -2.47. The van der Waals surface area contributed by atoms with E-state index in [1.54, 1.807) is 45.9 Å². The molecule has 0 spiro atoms. The third-order valence-electron chi connectivity index (χ3n) is 2.52. The molecule has 0 aliphatic rings. The molecular weight excluding hydrogens is 288 g/mol. The van der Waals surface area contributed by atoms with Crippen LogP contribution in [0.4, 0.5) is 4.79 Å². The van der Waals surface area contributed by atoms with Crippen molar-refractivity contribution in [1.82, 2.24) is 10.3 Å². The molecule has 0 aliphatic heterocycles. The van der Waals surface area contributed by atoms with Crippen molar-refractivity contribution in [3.05, 3.63) is 30.1 Å². The second-order valence-corrected chi connectivity index (χ2v) is 5.58. The number of aliphatic hydroxyl groups is 1. The van der Waals surface area contributed by atoms with Gasteiger partial charge in [0, 0.05) is 6.20 Å². The van der Waals surface area contributed by atoms with Crippen LogP contribution in [-0.4, -0.2) is 40.4 Å². The average Bonchev–Trinajstić information content (AvgIpc) is 2.43. The van der Waals surface area contributed by atoms with Crippen molar-refractivity contribution in [3.8, 4) is 0 Å². The molecular formula is C15H22N2O5. The molecule has 1 rings (SSSR count). The molecule has 0 aromatic carbocycles. The monoisotopic (exact) mass is 310 g/mol. The molecule has 0 bridgehead atoms. The van der Waals surface area contributed by atoms with Crippen LogP contribution in [0, 0.1) is 0 Å². The Hall–Kier alpha value is -2.15. The number of carbonyl (C=O) groups is 2. The van der Waals surface area contributed by atoms with Gasteiger partial charge in [0.25, 0.3) is 0 Å². The maximum Gasteiger partial charge on any atom is 0.408 e. The van der Waals surface area contributed by atoms with Gasteiger partial charge in [-0.15, -0.1) is 0 Å². The Morgan fingerprint density at radius 1 is 1.36 bits per heavy atom. The number of hydrogen-bond acceptors (Lipinski definition) is 6. The summed E-state index contributed by atoms with van der Waals surface area (Å²) < 4.78 is 9.97. The van der Waals surface area contributed by atoms with Crippen molar-refractivity contribution >= 4 is 12.1 Å². The van der Waals surface area contributed by atoms with E-state index in [-0.39, 0.29) is 12.3 Å². The van der Waals surface area contributed by atoms with E-state index in [4.69, 9.17) is 9.47 Å². The van der Waals surface area contributed by atoms with Gasteiger partial charge < -0.3 is 19.9 Å². The molecule has 7 heteroatoms. The largest absolute Gasteiger partial charge is 0.464 e. The lowest BCUT2D eigenvalue weighted by molar-refractivity contribution is -0.149. The topological polar surface area (TPSA) is 97.8 Å². The molecule has 1 aromatic rings. The maximum absolute atomic E-state index is 12.0. The fourth-order valence-corrected chi connectivity index (χ4v) is 1.66. The minimum Gasteiger partial charge on any atom is -0.464 e. The highest BCUT2D eigenvalue weighted by Gasteiger charge is 2.33. The smallest absolute Gasteiger partial charge is 0.408 e. The van der Waals surface area contributed by atoms with Gasteiger partial charge in [-0.25, -0.2) is 9.59 Å². The summed E-state index contributed by atoms with van der Waals surface area (Å²) in [6.45, 7) is 6.85. The summed E-state index contributed by atoms with van der Waals surface area (Å²) >= 11 is 0. The van der Waals surface area contributed by atoms with Crippen LogP contribution >= 0.6 is 0 Å². The van der Waals surface area contributed by atoms with Crippen LogP contribution in [0.2, 0.25) is 0 Å². The summed E-state index contributed by atoms with van der Waals surface area (Å²) in [6.07, 6.45) is -0.679. The van der Waals surface area contributed by atoms with Crippen LogP contribution < -0.4 is 5.32 Å². The number of alkyl carbamates (subject to hydrolysis) is 1. The van der Waals surface area contributed by atoms with E-state index >= 15 is 0 Å². The number of carbonyl (C=O) groups excluding carboxylic acids is 2. The third kappa shape index (κ3) is 5.69. The molecule has 2 atom stereocenters. The zero-order valence-corrected chi connectivity index (χ0v) is 13.2. The highest BCUT2D eigenvalue weighted by molar-refractivity contribution is 5.82. The van der Waals surface area contributed by atoms with Crippen molar-refractivity contribution < 1.29 is 24.2 Å². The van der Waals surface area contributed by atoms with Gasteiger partial charge in [-0.05, 0) is 39.8 Å². The van der Waals surface area contributed by atoms with E-state index < -0.39 is 29.8 Å². The van der Waals surface area contributed by atoms with Gasteiger partial charge in [-0.2, -0.15) is 0 Å². The quantitative estimate of drug-likeness (QED) is 0.801. The number of pyridine rings is 1. The van der Waals surface area contributed by atoms with Crippen LogP contribution in [0.15, 0.2) is 24.4 Å². The number of esters is 1. The zero-order valence-electron chi connectivity index (χ0n) is 13.2. The number of amides is 1. The zero-order chi connectivity index (χ0) is 16.8. The first-order valence-electron chi connectivity index (χ1n) is 6.99. The number of nitrogens with one attached hydrogen (secondary N) is 1. The summed E-state index contributed by atoms with van der Waals surface area (Å²) in [6, 6.07) is 3.59. The SMILES string of the molecule is CCOC(=O)[C@@H](NC(=O)OC(C)(C)C)[C@H](O)c1ccccn1. The standard InChI is InChI=1S/C15H22N2O5/c1-5-21-13(19)11(17-14(20)22-15(2,3)4)12(18)10-8-6-7-9-16-10/h6-9,11-12,18H,5H2,1-4H3,(H,17,20)/t11-,12+/m0/s1. The highest BCUT2D eigenvalue weighted by atomic mass is 16.6. The molecule has 1 heterocycles. The number of hydrogen-bond donors (Lipinski definition) is 2. The minimum atomic E-state index is -1.34. The molecule has 0 unspecified atom stereocenters. The minimum absolute atomic E-state index is 0.125. The Morgan fingerprint density at radius 3 is 2.55 bits per heavy atom. The molecule has 0 radical (unpaired) electrons. The first-order valence-corrected chi connectivity index (χ1v) is 6.99. The van der Waals surface area contributed by atoms with Crippen LogP contribution in [0.25, 0.3) is 0 Å². The van der Waals surface area contributed by atoms with E-state index in [1.165, 1.54) is 6.20 Å². The molecule has 0 saturated heterocycles. The van der Waals surface area contributed by atoms with E-state index in [9.17, 15) is 14.7 Å². The van der Waals surface area contributed by atoms with Crippen molar-refractivity contribution in [2.75, 3.05) is 6.61 Å². The molecule has 1 amide bonds. The molecule has 22 heavy (non-hydrogen) atoms. The van der Waals surface area contributed by atoms with Gasteiger partial charge >= 0.3 is 12.1 Å². The molecule has 7 nitrogen and oxygen atoms in total. The second kappa shape index (κ2) is 7.74. The van der Waals surface area contributed by atoms with Gasteiger partial charge in [-0.3, -0.25) is 4.98 Å². The fraction of sp³-hybridized carbons (Fsp3) is 0.533. The first-order chi connectivity index (χ1) is 10.2. The normalized spacial score (nSPS) is 13.9. The van der Waals surface area contributed by atoms with Crippen LogP contribution in [-0.2, 0) is 14.3 Å². The van der Waals surface area contributed by atoms with Crippen molar-refractivity contribution in [2.45, 2.75) is 45.4 Å². The number of rotatable bonds is 5. The van der Waals surface area contributed by atoms with Crippen molar-refractivity contribution in [1.29, 1.82) is 0 Å². The molecule has 1 aromatic heterocycles. The average molecular weight is 310 g/mol. The number of aromatic nitrogens is 1. The highest BCUT2D eigenvalue weighted by Crippen LogP contribution is 2.16. The van der Waals surface area contributed by atoms with Crippen LogP contribution in [0.3, 0.4) is 0 Å². The fourth-order valence-electron chi connectivity index (χ4n) is 1.66. The lowest BCUT2D eigenvalue weighted by Gasteiger charge is -2.25. The first kappa shape index (κ1) is 17.9. The molecule has 0 aliphatic carbocycles. The molecule has 122 valence electrons. The Bertz CT molecular complexity index is 498. The van der Waals surface area contributed by atoms with E-state index in [2.05, 4.69) is 10.3 Å². The lowest BCUT2D eigenvalue weighted by atomic mass is 10.1.